The Hall–Kier alpha value is -0.280. The molecule has 4 heteroatoms. The van der Waals surface area contributed by atoms with Gasteiger partial charge in [-0.05, 0) is 25.7 Å². The van der Waals surface area contributed by atoms with Gasteiger partial charge in [-0.1, -0.05) is 0 Å². The Morgan fingerprint density at radius 3 is 2.17 bits per heavy atom. The lowest BCUT2D eigenvalue weighted by molar-refractivity contribution is -0.143. The quantitative estimate of drug-likeness (QED) is 0.651. The molecule has 2 saturated heterocycles. The monoisotopic (exact) mass is 191 g/mol. The minimum Gasteiger partial charge on any atom is -0.481 e. The zero-order valence-electron chi connectivity index (χ0n) is 6.82. The van der Waals surface area contributed by atoms with Crippen LogP contribution in [0.3, 0.4) is 0 Å². The molecule has 0 radical (unpaired) electrons. The Bertz CT molecular complexity index is 174. The van der Waals surface area contributed by atoms with Crippen molar-refractivity contribution < 1.29 is 9.90 Å². The van der Waals surface area contributed by atoms with Gasteiger partial charge in [0.25, 0.3) is 0 Å². The van der Waals surface area contributed by atoms with Crippen LogP contribution in [0.5, 0.6) is 0 Å². The van der Waals surface area contributed by atoms with Crippen LogP contribution in [-0.4, -0.2) is 23.2 Å². The third-order valence-electron chi connectivity index (χ3n) is 2.82. The van der Waals surface area contributed by atoms with Crippen LogP contribution in [0.25, 0.3) is 0 Å². The zero-order chi connectivity index (χ0) is 7.84. The maximum Gasteiger partial charge on any atom is 0.306 e. The first-order chi connectivity index (χ1) is 5.25. The number of halogens is 1. The Labute approximate surface area is 77.9 Å². The number of carboxylic acid groups (broad SMARTS) is 1. The molecular formula is C8H14ClNO2. The van der Waals surface area contributed by atoms with Gasteiger partial charge in [0.2, 0.25) is 0 Å². The van der Waals surface area contributed by atoms with E-state index in [1.807, 2.05) is 0 Å². The van der Waals surface area contributed by atoms with Crippen LogP contribution in [-0.2, 0) is 4.79 Å². The summed E-state index contributed by atoms with van der Waals surface area (Å²) in [6.45, 7) is 0. The molecule has 2 rings (SSSR count). The number of nitrogens with one attached hydrogen (secondary N) is 1. The van der Waals surface area contributed by atoms with Crippen LogP contribution in [0.2, 0.25) is 0 Å². The summed E-state index contributed by atoms with van der Waals surface area (Å²) < 4.78 is 0. The summed E-state index contributed by atoms with van der Waals surface area (Å²) in [4.78, 5) is 10.6. The smallest absolute Gasteiger partial charge is 0.306 e. The first kappa shape index (κ1) is 9.81. The lowest BCUT2D eigenvalue weighted by Gasteiger charge is -2.25. The molecule has 0 amide bonds. The second kappa shape index (κ2) is 3.62. The SMILES string of the molecule is Cl.O=C(O)C1CC2CCC(C1)N2. The third-order valence-corrected chi connectivity index (χ3v) is 2.82. The molecule has 70 valence electrons. The minimum atomic E-state index is -0.608. The van der Waals surface area contributed by atoms with E-state index in [2.05, 4.69) is 5.32 Å². The van der Waals surface area contributed by atoms with E-state index < -0.39 is 5.97 Å². The summed E-state index contributed by atoms with van der Waals surface area (Å²) in [6, 6.07) is 0.990. The van der Waals surface area contributed by atoms with Crippen molar-refractivity contribution in [2.75, 3.05) is 0 Å². The molecule has 2 fully saturated rings. The summed E-state index contributed by atoms with van der Waals surface area (Å²) in [7, 11) is 0. The fourth-order valence-electron chi connectivity index (χ4n) is 2.26. The van der Waals surface area contributed by atoms with Crippen LogP contribution in [0, 0.1) is 5.92 Å². The molecule has 0 aliphatic carbocycles. The molecule has 2 unspecified atom stereocenters. The van der Waals surface area contributed by atoms with E-state index in [1.165, 1.54) is 12.8 Å². The second-order valence-corrected chi connectivity index (χ2v) is 3.64. The number of hydrogen-bond donors (Lipinski definition) is 2. The number of carboxylic acids is 1. The molecule has 0 aromatic heterocycles. The van der Waals surface area contributed by atoms with Crippen molar-refractivity contribution in [3.05, 3.63) is 0 Å². The van der Waals surface area contributed by atoms with Crippen LogP contribution in [0.1, 0.15) is 25.7 Å². The molecule has 12 heavy (non-hydrogen) atoms. The van der Waals surface area contributed by atoms with Crippen LogP contribution in [0.15, 0.2) is 0 Å². The highest BCUT2D eigenvalue weighted by molar-refractivity contribution is 5.85. The predicted molar refractivity (Wildman–Crippen MR) is 47.6 cm³/mol. The van der Waals surface area contributed by atoms with Gasteiger partial charge in [0.1, 0.15) is 0 Å². The van der Waals surface area contributed by atoms with Gasteiger partial charge in [-0.3, -0.25) is 4.79 Å². The number of carbonyl (C=O) groups is 1. The van der Waals surface area contributed by atoms with Gasteiger partial charge in [-0.15, -0.1) is 12.4 Å². The summed E-state index contributed by atoms with van der Waals surface area (Å²) >= 11 is 0. The van der Waals surface area contributed by atoms with Gasteiger partial charge in [-0.2, -0.15) is 0 Å². The molecule has 3 nitrogen and oxygen atoms in total. The minimum absolute atomic E-state index is 0. The molecule has 2 aliphatic rings. The average Bonchev–Trinajstić information content (AvgIpc) is 2.30. The van der Waals surface area contributed by atoms with E-state index >= 15 is 0 Å². The van der Waals surface area contributed by atoms with Crippen molar-refractivity contribution in [3.8, 4) is 0 Å². The van der Waals surface area contributed by atoms with Gasteiger partial charge in [-0.25, -0.2) is 0 Å². The van der Waals surface area contributed by atoms with E-state index in [0.29, 0.717) is 12.1 Å². The van der Waals surface area contributed by atoms with Crippen molar-refractivity contribution in [1.29, 1.82) is 0 Å². The summed E-state index contributed by atoms with van der Waals surface area (Å²) in [6.07, 6.45) is 4.03. The summed E-state index contributed by atoms with van der Waals surface area (Å²) in [5, 5.41) is 12.2. The normalized spacial score (nSPS) is 38.8. The van der Waals surface area contributed by atoms with Crippen LogP contribution < -0.4 is 5.32 Å². The Morgan fingerprint density at radius 1 is 1.25 bits per heavy atom. The molecule has 2 N–H and O–H groups in total. The van der Waals surface area contributed by atoms with Gasteiger partial charge in [0, 0.05) is 12.1 Å². The van der Waals surface area contributed by atoms with Gasteiger partial charge >= 0.3 is 5.97 Å². The molecule has 2 atom stereocenters. The molecule has 0 spiro atoms. The maximum atomic E-state index is 10.6. The highest BCUT2D eigenvalue weighted by Crippen LogP contribution is 2.30. The van der Waals surface area contributed by atoms with E-state index in [1.54, 1.807) is 0 Å². The first-order valence-corrected chi connectivity index (χ1v) is 4.24. The summed E-state index contributed by atoms with van der Waals surface area (Å²) in [5.74, 6) is -0.683. The molecule has 2 heterocycles. The lowest BCUT2D eigenvalue weighted by Crippen LogP contribution is -2.40. The van der Waals surface area contributed by atoms with Crippen molar-refractivity contribution in [2.45, 2.75) is 37.8 Å². The standard InChI is InChI=1S/C8H13NO2.ClH/c10-8(11)5-3-6-1-2-7(4-5)9-6;/h5-7,9H,1-4H2,(H,10,11);1H. The molecule has 2 aliphatic heterocycles. The van der Waals surface area contributed by atoms with E-state index in [-0.39, 0.29) is 18.3 Å². The van der Waals surface area contributed by atoms with Gasteiger partial charge in [0.05, 0.1) is 5.92 Å². The first-order valence-electron chi connectivity index (χ1n) is 4.24. The highest BCUT2D eigenvalue weighted by atomic mass is 35.5. The third kappa shape index (κ3) is 1.72. The van der Waals surface area contributed by atoms with Gasteiger partial charge in [0.15, 0.2) is 0 Å². The molecule has 0 aromatic rings. The van der Waals surface area contributed by atoms with Crippen molar-refractivity contribution in [2.24, 2.45) is 5.92 Å². The zero-order valence-corrected chi connectivity index (χ0v) is 7.64. The average molecular weight is 192 g/mol. The second-order valence-electron chi connectivity index (χ2n) is 3.64. The Kier molecular flexibility index (Phi) is 2.96. The molecular weight excluding hydrogens is 178 g/mol. The fraction of sp³-hybridized carbons (Fsp3) is 0.875. The van der Waals surface area contributed by atoms with Crippen molar-refractivity contribution in [3.63, 3.8) is 0 Å². The van der Waals surface area contributed by atoms with Gasteiger partial charge < -0.3 is 10.4 Å². The predicted octanol–water partition coefficient (Wildman–Crippen LogP) is 1.02. The Balaban J connectivity index is 0.000000720. The number of fused-ring (bicyclic) bond motifs is 2. The van der Waals surface area contributed by atoms with E-state index in [4.69, 9.17) is 5.11 Å². The van der Waals surface area contributed by atoms with E-state index in [9.17, 15) is 4.79 Å². The van der Waals surface area contributed by atoms with Crippen LogP contribution in [0.4, 0.5) is 0 Å². The molecule has 2 bridgehead atoms. The maximum absolute atomic E-state index is 10.6. The number of aliphatic carboxylic acids is 1. The Morgan fingerprint density at radius 2 is 1.75 bits per heavy atom. The fourth-order valence-corrected chi connectivity index (χ4v) is 2.26. The van der Waals surface area contributed by atoms with Crippen molar-refractivity contribution >= 4 is 18.4 Å². The van der Waals surface area contributed by atoms with Crippen molar-refractivity contribution in [1.82, 2.24) is 5.32 Å². The number of hydrogen-bond acceptors (Lipinski definition) is 2. The summed E-state index contributed by atoms with van der Waals surface area (Å²) in [5.41, 5.74) is 0. The number of piperidine rings is 1. The topological polar surface area (TPSA) is 49.3 Å². The highest BCUT2D eigenvalue weighted by Gasteiger charge is 2.36. The molecule has 0 aromatic carbocycles. The lowest BCUT2D eigenvalue weighted by atomic mass is 9.93. The van der Waals surface area contributed by atoms with E-state index in [0.717, 1.165) is 12.8 Å². The molecule has 0 saturated carbocycles. The van der Waals surface area contributed by atoms with Crippen LogP contribution >= 0.6 is 12.4 Å². The number of rotatable bonds is 1. The largest absolute Gasteiger partial charge is 0.481 e.